The molecule has 1 unspecified atom stereocenters. The molecule has 3 aromatic heterocycles. The fourth-order valence-corrected chi connectivity index (χ4v) is 3.86. The highest BCUT2D eigenvalue weighted by atomic mass is 79.9. The van der Waals surface area contributed by atoms with E-state index in [1.807, 2.05) is 23.1 Å². The van der Waals surface area contributed by atoms with E-state index < -0.39 is 0 Å². The molecule has 0 aliphatic carbocycles. The Balaban J connectivity index is 1.34. The number of carbonyl (C=O) groups excluding carboxylic acids is 1. The number of aryl methyl sites for hydroxylation is 1. The van der Waals surface area contributed by atoms with E-state index in [1.165, 1.54) is 0 Å². The average molecular weight is 442 g/mol. The van der Waals surface area contributed by atoms with Crippen LogP contribution >= 0.6 is 15.9 Å². The number of carbonyl (C=O) groups is 1. The summed E-state index contributed by atoms with van der Waals surface area (Å²) < 4.78 is 6.17. The molecule has 7 nitrogen and oxygen atoms in total. The Kier molecular flexibility index (Phi) is 5.76. The van der Waals surface area contributed by atoms with Crippen molar-refractivity contribution in [3.8, 4) is 11.5 Å². The predicted octanol–water partition coefficient (Wildman–Crippen LogP) is 3.77. The standard InChI is InChI=1S/C20H20BrN5O2/c21-17-10-16(11-23-12-17)20(27)26-9-1-2-14(13-26)3-4-18-24-19(28-25-18)15-5-7-22-8-6-15/h5-8,10-12,14H,1-4,9,13H2. The van der Waals surface area contributed by atoms with Crippen molar-refractivity contribution in [1.82, 2.24) is 25.0 Å². The maximum Gasteiger partial charge on any atom is 0.258 e. The van der Waals surface area contributed by atoms with Gasteiger partial charge in [0.15, 0.2) is 5.82 Å². The van der Waals surface area contributed by atoms with E-state index in [4.69, 9.17) is 4.52 Å². The first kappa shape index (κ1) is 18.7. The van der Waals surface area contributed by atoms with E-state index >= 15 is 0 Å². The molecular formula is C20H20BrN5O2. The zero-order valence-electron chi connectivity index (χ0n) is 15.3. The smallest absolute Gasteiger partial charge is 0.258 e. The number of likely N-dealkylation sites (tertiary alicyclic amines) is 1. The zero-order valence-corrected chi connectivity index (χ0v) is 16.9. The van der Waals surface area contributed by atoms with E-state index in [1.54, 1.807) is 24.8 Å². The van der Waals surface area contributed by atoms with Crippen LogP contribution in [0.1, 0.15) is 35.4 Å². The third kappa shape index (κ3) is 4.44. The van der Waals surface area contributed by atoms with Gasteiger partial charge in [0, 0.05) is 54.3 Å². The van der Waals surface area contributed by atoms with Gasteiger partial charge in [-0.2, -0.15) is 4.98 Å². The lowest BCUT2D eigenvalue weighted by Crippen LogP contribution is -2.40. The fraction of sp³-hybridized carbons (Fsp3) is 0.350. The van der Waals surface area contributed by atoms with Crippen molar-refractivity contribution in [2.75, 3.05) is 13.1 Å². The molecule has 1 aliphatic heterocycles. The van der Waals surface area contributed by atoms with Gasteiger partial charge in [0.1, 0.15) is 0 Å². The van der Waals surface area contributed by atoms with E-state index in [-0.39, 0.29) is 5.91 Å². The number of amides is 1. The van der Waals surface area contributed by atoms with Crippen LogP contribution in [0, 0.1) is 5.92 Å². The van der Waals surface area contributed by atoms with Gasteiger partial charge in [-0.25, -0.2) is 0 Å². The topological polar surface area (TPSA) is 85.0 Å². The van der Waals surface area contributed by atoms with Crippen LogP contribution in [-0.4, -0.2) is 44.0 Å². The number of hydrogen-bond acceptors (Lipinski definition) is 6. The van der Waals surface area contributed by atoms with Crippen LogP contribution < -0.4 is 0 Å². The van der Waals surface area contributed by atoms with Gasteiger partial charge in [-0.3, -0.25) is 14.8 Å². The van der Waals surface area contributed by atoms with Crippen molar-refractivity contribution >= 4 is 21.8 Å². The molecule has 0 aromatic carbocycles. The highest BCUT2D eigenvalue weighted by molar-refractivity contribution is 9.10. The minimum Gasteiger partial charge on any atom is -0.338 e. The van der Waals surface area contributed by atoms with E-state index in [0.29, 0.717) is 23.2 Å². The molecule has 1 amide bonds. The maximum absolute atomic E-state index is 12.8. The molecule has 4 rings (SSSR count). The predicted molar refractivity (Wildman–Crippen MR) is 106 cm³/mol. The van der Waals surface area contributed by atoms with E-state index in [9.17, 15) is 4.79 Å². The van der Waals surface area contributed by atoms with Gasteiger partial charge in [0.05, 0.1) is 5.56 Å². The average Bonchev–Trinajstić information content (AvgIpc) is 3.22. The lowest BCUT2D eigenvalue weighted by molar-refractivity contribution is 0.0667. The van der Waals surface area contributed by atoms with Crippen LogP contribution in [0.2, 0.25) is 0 Å². The van der Waals surface area contributed by atoms with Crippen LogP contribution in [0.4, 0.5) is 0 Å². The molecule has 1 aliphatic rings. The van der Waals surface area contributed by atoms with Crippen LogP contribution in [0.5, 0.6) is 0 Å². The van der Waals surface area contributed by atoms with Crippen LogP contribution in [-0.2, 0) is 6.42 Å². The van der Waals surface area contributed by atoms with Gasteiger partial charge in [-0.1, -0.05) is 5.16 Å². The Morgan fingerprint density at radius 1 is 1.25 bits per heavy atom. The molecule has 3 aromatic rings. The summed E-state index contributed by atoms with van der Waals surface area (Å²) in [5.41, 5.74) is 1.49. The van der Waals surface area contributed by atoms with Crippen molar-refractivity contribution in [2.45, 2.75) is 25.7 Å². The quantitative estimate of drug-likeness (QED) is 0.598. The number of hydrogen-bond donors (Lipinski definition) is 0. The highest BCUT2D eigenvalue weighted by Crippen LogP contribution is 2.24. The third-order valence-corrected chi connectivity index (χ3v) is 5.36. The summed E-state index contributed by atoms with van der Waals surface area (Å²) in [6.07, 6.45) is 10.5. The molecule has 1 fully saturated rings. The van der Waals surface area contributed by atoms with Gasteiger partial charge in [0.2, 0.25) is 0 Å². The first-order valence-corrected chi connectivity index (χ1v) is 10.1. The molecule has 28 heavy (non-hydrogen) atoms. The minimum atomic E-state index is 0.0398. The Bertz CT molecular complexity index is 947. The zero-order chi connectivity index (χ0) is 19.3. The van der Waals surface area contributed by atoms with Crippen molar-refractivity contribution in [2.24, 2.45) is 5.92 Å². The molecule has 0 saturated carbocycles. The highest BCUT2D eigenvalue weighted by Gasteiger charge is 2.25. The number of piperidine rings is 1. The van der Waals surface area contributed by atoms with Gasteiger partial charge in [0.25, 0.3) is 11.8 Å². The number of rotatable bonds is 5. The largest absolute Gasteiger partial charge is 0.338 e. The summed E-state index contributed by atoms with van der Waals surface area (Å²) in [7, 11) is 0. The first-order valence-electron chi connectivity index (χ1n) is 9.32. The van der Waals surface area contributed by atoms with Gasteiger partial charge >= 0.3 is 0 Å². The second-order valence-electron chi connectivity index (χ2n) is 6.94. The van der Waals surface area contributed by atoms with Crippen molar-refractivity contribution in [3.63, 3.8) is 0 Å². The van der Waals surface area contributed by atoms with E-state index in [2.05, 4.69) is 36.0 Å². The van der Waals surface area contributed by atoms with Crippen LogP contribution in [0.25, 0.3) is 11.5 Å². The first-order chi connectivity index (χ1) is 13.7. The van der Waals surface area contributed by atoms with Crippen molar-refractivity contribution in [3.05, 3.63) is 58.8 Å². The van der Waals surface area contributed by atoms with Crippen molar-refractivity contribution in [1.29, 1.82) is 0 Å². The molecule has 8 heteroatoms. The summed E-state index contributed by atoms with van der Waals surface area (Å²) >= 11 is 3.38. The Morgan fingerprint density at radius 2 is 2.11 bits per heavy atom. The van der Waals surface area contributed by atoms with Gasteiger partial charge in [-0.15, -0.1) is 0 Å². The molecule has 144 valence electrons. The SMILES string of the molecule is O=C(c1cncc(Br)c1)N1CCCC(CCc2noc(-c3ccncc3)n2)C1. The summed E-state index contributed by atoms with van der Waals surface area (Å²) in [6.45, 7) is 1.54. The summed E-state index contributed by atoms with van der Waals surface area (Å²) in [6, 6.07) is 5.51. The Labute approximate surface area is 171 Å². The minimum absolute atomic E-state index is 0.0398. The molecule has 0 bridgehead atoms. The number of nitrogens with zero attached hydrogens (tertiary/aromatic N) is 5. The summed E-state index contributed by atoms with van der Waals surface area (Å²) in [5, 5.41) is 4.09. The van der Waals surface area contributed by atoms with E-state index in [0.717, 1.165) is 48.8 Å². The molecule has 1 atom stereocenters. The monoisotopic (exact) mass is 441 g/mol. The van der Waals surface area contributed by atoms with Crippen molar-refractivity contribution < 1.29 is 9.32 Å². The number of pyridine rings is 2. The second kappa shape index (κ2) is 8.60. The normalized spacial score (nSPS) is 16.9. The summed E-state index contributed by atoms with van der Waals surface area (Å²) in [4.78, 5) is 27.2. The molecular weight excluding hydrogens is 422 g/mol. The van der Waals surface area contributed by atoms with Gasteiger partial charge in [-0.05, 0) is 59.3 Å². The maximum atomic E-state index is 12.8. The lowest BCUT2D eigenvalue weighted by atomic mass is 9.93. The number of aromatic nitrogens is 4. The Hall–Kier alpha value is -2.61. The molecule has 0 N–H and O–H groups in total. The molecule has 0 radical (unpaired) electrons. The molecule has 0 spiro atoms. The summed E-state index contributed by atoms with van der Waals surface area (Å²) in [5.74, 6) is 1.69. The lowest BCUT2D eigenvalue weighted by Gasteiger charge is -2.32. The number of halogens is 1. The van der Waals surface area contributed by atoms with Crippen LogP contribution in [0.3, 0.4) is 0 Å². The fourth-order valence-electron chi connectivity index (χ4n) is 3.50. The molecule has 4 heterocycles. The van der Waals surface area contributed by atoms with Gasteiger partial charge < -0.3 is 9.42 Å². The molecule has 1 saturated heterocycles. The third-order valence-electron chi connectivity index (χ3n) is 4.93. The Morgan fingerprint density at radius 3 is 2.93 bits per heavy atom. The second-order valence-corrected chi connectivity index (χ2v) is 7.86. The van der Waals surface area contributed by atoms with Crippen LogP contribution in [0.15, 0.2) is 52.0 Å².